The number of fused-ring (bicyclic) bond motifs is 18. The summed E-state index contributed by atoms with van der Waals surface area (Å²) in [4.78, 5) is 4.93. The van der Waals surface area contributed by atoms with E-state index in [1.54, 1.807) is 11.3 Å². The zero-order chi connectivity index (χ0) is 58.6. The summed E-state index contributed by atoms with van der Waals surface area (Å²) in [5, 5.41) is 28.2. The monoisotopic (exact) mass is 1150 g/mol. The minimum atomic E-state index is 0.345. The number of para-hydroxylation sites is 6. The van der Waals surface area contributed by atoms with E-state index in [4.69, 9.17) is 4.85 Å². The Hall–Kier alpha value is -12.0. The molecule has 14 aromatic carbocycles. The Bertz CT molecular complexity index is 6080. The van der Waals surface area contributed by atoms with Crippen LogP contribution in [0.4, 0.5) is 5.69 Å². The number of hydrogen-bond donors (Lipinski definition) is 0. The molecule has 0 spiro atoms. The van der Waals surface area contributed by atoms with Gasteiger partial charge in [-0.1, -0.05) is 224 Å². The van der Waals surface area contributed by atoms with Gasteiger partial charge in [-0.05, 0) is 98.4 Å². The maximum absolute atomic E-state index is 13.0. The fourth-order valence-corrected chi connectivity index (χ4v) is 16.4. The maximum Gasteiger partial charge on any atom is 0.237 e. The fraction of sp³-hybridized carbons (Fsp3) is 0. The van der Waals surface area contributed by atoms with Crippen LogP contribution in [0.25, 0.3) is 179 Å². The highest BCUT2D eigenvalue weighted by molar-refractivity contribution is 7.26. The van der Waals surface area contributed by atoms with Gasteiger partial charge in [0.1, 0.15) is 6.07 Å². The Morgan fingerprint density at radius 2 is 0.742 bits per heavy atom. The quantitative estimate of drug-likeness (QED) is 0.153. The lowest BCUT2D eigenvalue weighted by molar-refractivity contribution is 1.04. The van der Waals surface area contributed by atoms with Gasteiger partial charge in [-0.15, -0.1) is 11.3 Å². The molecule has 0 fully saturated rings. The molecule has 0 aliphatic heterocycles. The molecule has 5 aromatic heterocycles. The molecule has 0 aliphatic carbocycles. The van der Waals surface area contributed by atoms with Crippen molar-refractivity contribution < 1.29 is 0 Å². The first kappa shape index (κ1) is 49.3. The number of rotatable bonds is 6. The third kappa shape index (κ3) is 6.77. The highest BCUT2D eigenvalue weighted by Crippen LogP contribution is 2.55. The summed E-state index contributed by atoms with van der Waals surface area (Å²) in [5.41, 5.74) is 15.0. The second-order valence-corrected chi connectivity index (χ2v) is 24.2. The molecular formula is C82H46N6S. The Balaban J connectivity index is 1.15. The first-order chi connectivity index (χ1) is 44.1. The van der Waals surface area contributed by atoms with Crippen molar-refractivity contribution in [1.29, 1.82) is 5.26 Å². The molecule has 6 nitrogen and oxygen atoms in total. The Labute approximate surface area is 513 Å². The molecule has 5 heterocycles. The van der Waals surface area contributed by atoms with Crippen molar-refractivity contribution in [2.24, 2.45) is 0 Å². The van der Waals surface area contributed by atoms with Gasteiger partial charge in [0.2, 0.25) is 5.69 Å². The number of nitrogens with zero attached hydrogens (tertiary/aromatic N) is 6. The molecule has 0 amide bonds. The van der Waals surface area contributed by atoms with Gasteiger partial charge in [0, 0.05) is 58.6 Å². The predicted octanol–water partition coefficient (Wildman–Crippen LogP) is 22.5. The smallest absolute Gasteiger partial charge is 0.237 e. The highest BCUT2D eigenvalue weighted by Gasteiger charge is 2.36. The second-order valence-electron chi connectivity index (χ2n) is 23.2. The van der Waals surface area contributed by atoms with E-state index in [1.165, 1.54) is 10.1 Å². The van der Waals surface area contributed by atoms with Crippen LogP contribution in [0.3, 0.4) is 0 Å². The Kier molecular flexibility index (Phi) is 10.4. The highest BCUT2D eigenvalue weighted by atomic mass is 32.1. The van der Waals surface area contributed by atoms with Gasteiger partial charge >= 0.3 is 0 Å². The summed E-state index contributed by atoms with van der Waals surface area (Å²) in [6.07, 6.45) is 0. The van der Waals surface area contributed by atoms with Gasteiger partial charge in [0.05, 0.1) is 83.7 Å². The predicted molar refractivity (Wildman–Crippen MR) is 374 cm³/mol. The summed E-state index contributed by atoms with van der Waals surface area (Å²) in [6.45, 7) is 10.1. The second kappa shape index (κ2) is 18.7. The van der Waals surface area contributed by atoms with E-state index in [2.05, 4.69) is 303 Å². The van der Waals surface area contributed by atoms with Gasteiger partial charge in [0.25, 0.3) is 0 Å². The van der Waals surface area contributed by atoms with Gasteiger partial charge < -0.3 is 18.3 Å². The van der Waals surface area contributed by atoms with E-state index in [1.807, 2.05) is 0 Å². The number of thiophene rings is 1. The molecule has 0 unspecified atom stereocenters. The number of nitriles is 1. The van der Waals surface area contributed by atoms with E-state index in [0.717, 1.165) is 141 Å². The molecule has 0 bridgehead atoms. The average Bonchev–Trinajstić information content (AvgIpc) is 1.72. The summed E-state index contributed by atoms with van der Waals surface area (Å²) in [7, 11) is 0. The molecule has 410 valence electrons. The van der Waals surface area contributed by atoms with Crippen LogP contribution >= 0.6 is 11.3 Å². The molecule has 0 aliphatic rings. The summed E-state index contributed by atoms with van der Waals surface area (Å²) in [5.74, 6) is 0. The normalized spacial score (nSPS) is 12.0. The Morgan fingerprint density at radius 1 is 0.326 bits per heavy atom. The van der Waals surface area contributed by atoms with Crippen molar-refractivity contribution in [2.75, 3.05) is 0 Å². The molecule has 0 atom stereocenters. The van der Waals surface area contributed by atoms with Crippen LogP contribution in [0.1, 0.15) is 5.56 Å². The zero-order valence-electron chi connectivity index (χ0n) is 47.6. The van der Waals surface area contributed by atoms with E-state index in [0.29, 0.717) is 34.0 Å². The van der Waals surface area contributed by atoms with Crippen molar-refractivity contribution >= 4 is 146 Å². The molecule has 89 heavy (non-hydrogen) atoms. The lowest BCUT2D eigenvalue weighted by atomic mass is 9.90. The summed E-state index contributed by atoms with van der Waals surface area (Å²) in [6, 6.07) is 103. The summed E-state index contributed by atoms with van der Waals surface area (Å²) >= 11 is 1.80. The van der Waals surface area contributed by atoms with E-state index >= 15 is 0 Å². The molecule has 0 N–H and O–H groups in total. The van der Waals surface area contributed by atoms with Crippen molar-refractivity contribution in [3.63, 3.8) is 0 Å². The van der Waals surface area contributed by atoms with Crippen molar-refractivity contribution in [3.05, 3.63) is 296 Å². The maximum atomic E-state index is 13.0. The molecular weight excluding hydrogens is 1100 g/mol. The van der Waals surface area contributed by atoms with Crippen LogP contribution in [0, 0.1) is 17.9 Å². The number of aromatic nitrogens is 4. The molecule has 7 heteroatoms. The molecule has 0 radical (unpaired) electrons. The van der Waals surface area contributed by atoms with Gasteiger partial charge in [-0.2, -0.15) is 5.26 Å². The molecule has 0 saturated carbocycles. The molecule has 19 aromatic rings. The van der Waals surface area contributed by atoms with Gasteiger partial charge in [-0.25, -0.2) is 4.85 Å². The third-order valence-corrected chi connectivity index (χ3v) is 20.0. The number of benzene rings is 14. The van der Waals surface area contributed by atoms with Crippen molar-refractivity contribution in [3.8, 4) is 51.1 Å². The standard InChI is InChI=1S/C82H46N6S/c1-84-76-77(85-67-37-13-6-28-56(67)57-29-7-14-38-68(57)85)66(48-83)78(86-69-39-15-8-30-58(69)59-31-9-16-40-70(59)86)81(80(76)87-71-41-17-10-32-60(71)61-33-11-18-42-72(61)87)88-73-47-51(54-35-20-24-49-22-2-4-26-52(49)54)46-65(55-36-21-25-50-23-3-5-27-53(50)55)75(73)64-45-44-63-62-34-12-19-43-74(62)89-82(63)79(64)88/h2-47H. The van der Waals surface area contributed by atoms with E-state index in [-0.39, 0.29) is 0 Å². The topological polar surface area (TPSA) is 47.9 Å². The van der Waals surface area contributed by atoms with Crippen LogP contribution in [0.2, 0.25) is 0 Å². The van der Waals surface area contributed by atoms with Crippen molar-refractivity contribution in [1.82, 2.24) is 18.3 Å². The minimum absolute atomic E-state index is 0.345. The van der Waals surface area contributed by atoms with Crippen LogP contribution in [0.15, 0.2) is 279 Å². The zero-order valence-corrected chi connectivity index (χ0v) is 48.5. The van der Waals surface area contributed by atoms with E-state index < -0.39 is 0 Å². The van der Waals surface area contributed by atoms with Crippen molar-refractivity contribution in [2.45, 2.75) is 0 Å². The minimum Gasteiger partial charge on any atom is -0.318 e. The largest absolute Gasteiger partial charge is 0.318 e. The average molecular weight is 1150 g/mol. The molecule has 19 rings (SSSR count). The van der Waals surface area contributed by atoms with Crippen LogP contribution in [-0.4, -0.2) is 18.3 Å². The first-order valence-corrected chi connectivity index (χ1v) is 30.8. The van der Waals surface area contributed by atoms with Gasteiger partial charge in [0.15, 0.2) is 0 Å². The van der Waals surface area contributed by atoms with Crippen LogP contribution < -0.4 is 0 Å². The summed E-state index contributed by atoms with van der Waals surface area (Å²) < 4.78 is 11.7. The first-order valence-electron chi connectivity index (χ1n) is 30.0. The van der Waals surface area contributed by atoms with Gasteiger partial charge in [-0.3, -0.25) is 0 Å². The Morgan fingerprint density at radius 3 is 1.26 bits per heavy atom. The third-order valence-electron chi connectivity index (χ3n) is 18.8. The lowest BCUT2D eigenvalue weighted by Crippen LogP contribution is -2.14. The SMILES string of the molecule is [C-]#[N+]c1c(-n2c3ccccc3c3ccccc32)c(C#N)c(-n2c3ccccc3c3ccccc32)c(-n2c3cc(-c4cccc5ccccc45)cc(-c4cccc5ccccc45)c3c3ccc4c5ccccc5sc4c32)c1-n1c2ccccc2c2ccccc21. The van der Waals surface area contributed by atoms with Crippen LogP contribution in [0.5, 0.6) is 0 Å². The fourth-order valence-electron chi connectivity index (χ4n) is 15.2. The van der Waals surface area contributed by atoms with Crippen LogP contribution in [-0.2, 0) is 0 Å². The molecule has 0 saturated heterocycles. The van der Waals surface area contributed by atoms with E-state index in [9.17, 15) is 11.8 Å². The number of hydrogen-bond acceptors (Lipinski definition) is 2. The lowest BCUT2D eigenvalue weighted by Gasteiger charge is -2.27.